The first-order valence-electron chi connectivity index (χ1n) is 4.37. The average Bonchev–Trinajstić information content (AvgIpc) is 2.00. The lowest BCUT2D eigenvalue weighted by Gasteiger charge is -2.23. The monoisotopic (exact) mass is 180 g/mol. The predicted octanol–water partition coefficient (Wildman–Crippen LogP) is 3.15. The molecule has 0 aliphatic heterocycles. The summed E-state index contributed by atoms with van der Waals surface area (Å²) in [5.74, 6) is 0. The van der Waals surface area contributed by atoms with Gasteiger partial charge in [0, 0.05) is 4.87 Å². The standard InChI is InChI=1S/C9H19Cl.H2O/c1-4-7-8-9(10,5-2)6-3;/h4-8H2,1-3H3;1H2. The van der Waals surface area contributed by atoms with Crippen molar-refractivity contribution in [1.82, 2.24) is 0 Å². The van der Waals surface area contributed by atoms with Gasteiger partial charge in [-0.25, -0.2) is 0 Å². The van der Waals surface area contributed by atoms with Crippen molar-refractivity contribution in [3.63, 3.8) is 0 Å². The third-order valence-corrected chi connectivity index (χ3v) is 2.97. The van der Waals surface area contributed by atoms with E-state index in [9.17, 15) is 0 Å². The Balaban J connectivity index is 0. The van der Waals surface area contributed by atoms with E-state index in [0.29, 0.717) is 0 Å². The summed E-state index contributed by atoms with van der Waals surface area (Å²) in [6, 6.07) is 0. The van der Waals surface area contributed by atoms with Gasteiger partial charge in [0.25, 0.3) is 0 Å². The first-order chi connectivity index (χ1) is 4.68. The highest BCUT2D eigenvalue weighted by atomic mass is 35.5. The Hall–Kier alpha value is 0.250. The van der Waals surface area contributed by atoms with Gasteiger partial charge in [0.05, 0.1) is 0 Å². The topological polar surface area (TPSA) is 31.5 Å². The Morgan fingerprint density at radius 1 is 1.09 bits per heavy atom. The van der Waals surface area contributed by atoms with Crippen molar-refractivity contribution >= 4 is 11.6 Å². The van der Waals surface area contributed by atoms with E-state index in [-0.39, 0.29) is 10.4 Å². The van der Waals surface area contributed by atoms with Gasteiger partial charge in [-0.2, -0.15) is 0 Å². The summed E-state index contributed by atoms with van der Waals surface area (Å²) in [5, 5.41) is 0. The van der Waals surface area contributed by atoms with E-state index >= 15 is 0 Å². The molecule has 0 saturated heterocycles. The lowest BCUT2D eigenvalue weighted by atomic mass is 9.96. The molecule has 2 heteroatoms. The molecule has 11 heavy (non-hydrogen) atoms. The van der Waals surface area contributed by atoms with Gasteiger partial charge in [0.15, 0.2) is 0 Å². The third-order valence-electron chi connectivity index (χ3n) is 2.25. The van der Waals surface area contributed by atoms with Gasteiger partial charge in [-0.15, -0.1) is 11.6 Å². The average molecular weight is 181 g/mol. The van der Waals surface area contributed by atoms with E-state index < -0.39 is 0 Å². The zero-order chi connectivity index (χ0) is 8.04. The highest BCUT2D eigenvalue weighted by Crippen LogP contribution is 2.29. The minimum atomic E-state index is 0. The van der Waals surface area contributed by atoms with Gasteiger partial charge in [-0.3, -0.25) is 0 Å². The molecule has 0 aromatic rings. The van der Waals surface area contributed by atoms with Crippen LogP contribution in [-0.4, -0.2) is 10.4 Å². The summed E-state index contributed by atoms with van der Waals surface area (Å²) in [4.78, 5) is 0.107. The predicted molar refractivity (Wildman–Crippen MR) is 52.3 cm³/mol. The SMILES string of the molecule is CCCCC(Cl)(CC)CC.O. The molecule has 2 N–H and O–H groups in total. The highest BCUT2D eigenvalue weighted by molar-refractivity contribution is 6.23. The smallest absolute Gasteiger partial charge is 0.0441 e. The van der Waals surface area contributed by atoms with E-state index in [0.717, 1.165) is 12.8 Å². The van der Waals surface area contributed by atoms with Gasteiger partial charge in [-0.05, 0) is 19.3 Å². The first-order valence-corrected chi connectivity index (χ1v) is 4.75. The van der Waals surface area contributed by atoms with Crippen molar-refractivity contribution in [1.29, 1.82) is 0 Å². The van der Waals surface area contributed by atoms with Crippen molar-refractivity contribution in [3.05, 3.63) is 0 Å². The van der Waals surface area contributed by atoms with Crippen LogP contribution in [-0.2, 0) is 0 Å². The summed E-state index contributed by atoms with van der Waals surface area (Å²) in [7, 11) is 0. The summed E-state index contributed by atoms with van der Waals surface area (Å²) in [6.07, 6.45) is 5.91. The number of alkyl halides is 1. The lowest BCUT2D eigenvalue weighted by Crippen LogP contribution is -2.18. The zero-order valence-electron chi connectivity index (χ0n) is 7.91. The van der Waals surface area contributed by atoms with Crippen LogP contribution in [0.3, 0.4) is 0 Å². The molecular weight excluding hydrogens is 160 g/mol. The summed E-state index contributed by atoms with van der Waals surface area (Å²) in [5.41, 5.74) is 0. The molecular formula is C9H21ClO. The van der Waals surface area contributed by atoms with Crippen molar-refractivity contribution in [2.45, 2.75) is 57.7 Å². The molecule has 0 atom stereocenters. The van der Waals surface area contributed by atoms with Crippen LogP contribution < -0.4 is 0 Å². The van der Waals surface area contributed by atoms with Crippen LogP contribution in [0.2, 0.25) is 0 Å². The molecule has 0 radical (unpaired) electrons. The maximum absolute atomic E-state index is 6.29. The molecule has 0 aromatic heterocycles. The summed E-state index contributed by atoms with van der Waals surface area (Å²) < 4.78 is 0. The van der Waals surface area contributed by atoms with E-state index in [4.69, 9.17) is 11.6 Å². The number of halogens is 1. The quantitative estimate of drug-likeness (QED) is 0.583. The number of hydrogen-bond acceptors (Lipinski definition) is 0. The fourth-order valence-electron chi connectivity index (χ4n) is 1.10. The van der Waals surface area contributed by atoms with Gasteiger partial charge in [-0.1, -0.05) is 33.6 Å². The lowest BCUT2D eigenvalue weighted by molar-refractivity contribution is 0.476. The van der Waals surface area contributed by atoms with Crippen LogP contribution in [0.25, 0.3) is 0 Å². The number of hydrogen-bond donors (Lipinski definition) is 0. The van der Waals surface area contributed by atoms with E-state index in [1.807, 2.05) is 0 Å². The maximum atomic E-state index is 6.29. The summed E-state index contributed by atoms with van der Waals surface area (Å²) >= 11 is 6.29. The molecule has 0 aliphatic carbocycles. The van der Waals surface area contributed by atoms with E-state index in [1.54, 1.807) is 0 Å². The largest absolute Gasteiger partial charge is 0.412 e. The van der Waals surface area contributed by atoms with E-state index in [2.05, 4.69) is 20.8 Å². The molecule has 0 aromatic carbocycles. The van der Waals surface area contributed by atoms with Crippen LogP contribution in [0.15, 0.2) is 0 Å². The Bertz CT molecular complexity index is 79.6. The fraction of sp³-hybridized carbons (Fsp3) is 1.00. The fourth-order valence-corrected chi connectivity index (χ4v) is 1.23. The molecule has 0 unspecified atom stereocenters. The van der Waals surface area contributed by atoms with Gasteiger partial charge in [0.1, 0.15) is 0 Å². The van der Waals surface area contributed by atoms with Crippen molar-refractivity contribution < 1.29 is 5.48 Å². The van der Waals surface area contributed by atoms with Gasteiger partial charge < -0.3 is 5.48 Å². The maximum Gasteiger partial charge on any atom is 0.0441 e. The molecule has 0 spiro atoms. The van der Waals surface area contributed by atoms with Crippen LogP contribution in [0.1, 0.15) is 52.9 Å². The van der Waals surface area contributed by atoms with Crippen molar-refractivity contribution in [2.75, 3.05) is 0 Å². The van der Waals surface area contributed by atoms with Crippen LogP contribution >= 0.6 is 11.6 Å². The first kappa shape index (κ1) is 13.8. The molecule has 0 amide bonds. The molecule has 0 fully saturated rings. The highest BCUT2D eigenvalue weighted by Gasteiger charge is 2.20. The van der Waals surface area contributed by atoms with Gasteiger partial charge >= 0.3 is 0 Å². The number of rotatable bonds is 5. The molecule has 0 bridgehead atoms. The third kappa shape index (κ3) is 5.51. The Morgan fingerprint density at radius 3 is 1.82 bits per heavy atom. The Kier molecular flexibility index (Phi) is 8.70. The minimum absolute atomic E-state index is 0. The molecule has 0 saturated carbocycles. The Labute approximate surface area is 75.4 Å². The second-order valence-electron chi connectivity index (χ2n) is 2.96. The van der Waals surface area contributed by atoms with Crippen LogP contribution in [0, 0.1) is 0 Å². The van der Waals surface area contributed by atoms with Crippen molar-refractivity contribution in [2.24, 2.45) is 0 Å². The molecule has 0 rings (SSSR count). The van der Waals surface area contributed by atoms with Crippen molar-refractivity contribution in [3.8, 4) is 0 Å². The molecule has 0 aliphatic rings. The van der Waals surface area contributed by atoms with Crippen LogP contribution in [0.4, 0.5) is 0 Å². The second-order valence-corrected chi connectivity index (χ2v) is 3.76. The second kappa shape index (κ2) is 6.93. The molecule has 1 nitrogen and oxygen atoms in total. The normalized spacial score (nSPS) is 10.9. The molecule has 70 valence electrons. The van der Waals surface area contributed by atoms with Gasteiger partial charge in [0.2, 0.25) is 0 Å². The minimum Gasteiger partial charge on any atom is -0.412 e. The van der Waals surface area contributed by atoms with Crippen LogP contribution in [0.5, 0.6) is 0 Å². The summed E-state index contributed by atoms with van der Waals surface area (Å²) in [6.45, 7) is 6.56. The zero-order valence-corrected chi connectivity index (χ0v) is 8.67. The molecule has 0 heterocycles. The Morgan fingerprint density at radius 2 is 1.55 bits per heavy atom. The number of unbranched alkanes of at least 4 members (excludes halogenated alkanes) is 1. The van der Waals surface area contributed by atoms with E-state index in [1.165, 1.54) is 19.3 Å².